The van der Waals surface area contributed by atoms with Crippen LogP contribution in [0.3, 0.4) is 0 Å². The second-order valence-corrected chi connectivity index (χ2v) is 5.35. The molecule has 0 saturated carbocycles. The minimum atomic E-state index is -0.193. The third-order valence-corrected chi connectivity index (χ3v) is 3.91. The van der Waals surface area contributed by atoms with E-state index < -0.39 is 0 Å². The summed E-state index contributed by atoms with van der Waals surface area (Å²) in [4.78, 5) is 25.8. The van der Waals surface area contributed by atoms with Crippen molar-refractivity contribution in [3.8, 4) is 0 Å². The summed E-state index contributed by atoms with van der Waals surface area (Å²) < 4.78 is 5.03. The standard InChI is InChI=1S/C13H19NO3S/c1-4-7-17-13(16)8-11-5-6-12(18-11)10(2)14(3)9-15/h5-6,9-10H,4,7-8H2,1-3H3. The molecule has 1 aromatic heterocycles. The number of carbonyl (C=O) groups excluding carboxylic acids is 2. The van der Waals surface area contributed by atoms with E-state index in [1.54, 1.807) is 23.3 Å². The molecule has 0 aliphatic carbocycles. The molecule has 0 aliphatic heterocycles. The molecule has 0 N–H and O–H groups in total. The van der Waals surface area contributed by atoms with Crippen LogP contribution in [-0.4, -0.2) is 30.9 Å². The van der Waals surface area contributed by atoms with Crippen molar-refractivity contribution in [1.29, 1.82) is 0 Å². The number of esters is 1. The first kappa shape index (κ1) is 14.7. The normalized spacial score (nSPS) is 11.9. The highest BCUT2D eigenvalue weighted by Crippen LogP contribution is 2.26. The minimum Gasteiger partial charge on any atom is -0.465 e. The Labute approximate surface area is 112 Å². The Hall–Kier alpha value is -1.36. The summed E-state index contributed by atoms with van der Waals surface area (Å²) in [5.74, 6) is -0.193. The van der Waals surface area contributed by atoms with Crippen molar-refractivity contribution in [1.82, 2.24) is 4.90 Å². The average Bonchev–Trinajstić information content (AvgIpc) is 2.82. The first-order valence-electron chi connectivity index (χ1n) is 6.00. The highest BCUT2D eigenvalue weighted by atomic mass is 32.1. The highest BCUT2D eigenvalue weighted by molar-refractivity contribution is 7.12. The Morgan fingerprint density at radius 1 is 1.56 bits per heavy atom. The lowest BCUT2D eigenvalue weighted by atomic mass is 10.2. The van der Waals surface area contributed by atoms with E-state index >= 15 is 0 Å². The summed E-state index contributed by atoms with van der Waals surface area (Å²) in [6.07, 6.45) is 1.95. The molecule has 4 nitrogen and oxygen atoms in total. The van der Waals surface area contributed by atoms with Crippen molar-refractivity contribution in [2.75, 3.05) is 13.7 Å². The van der Waals surface area contributed by atoms with Gasteiger partial charge in [-0.2, -0.15) is 0 Å². The lowest BCUT2D eigenvalue weighted by Crippen LogP contribution is -2.19. The van der Waals surface area contributed by atoms with E-state index in [0.717, 1.165) is 22.6 Å². The van der Waals surface area contributed by atoms with E-state index in [4.69, 9.17) is 4.74 Å². The van der Waals surface area contributed by atoms with Crippen molar-refractivity contribution in [2.24, 2.45) is 0 Å². The quantitative estimate of drug-likeness (QED) is 0.564. The fraction of sp³-hybridized carbons (Fsp3) is 0.538. The molecule has 0 fully saturated rings. The zero-order chi connectivity index (χ0) is 13.5. The molecule has 18 heavy (non-hydrogen) atoms. The molecule has 1 rings (SSSR count). The van der Waals surface area contributed by atoms with Crippen LogP contribution in [0.25, 0.3) is 0 Å². The first-order valence-corrected chi connectivity index (χ1v) is 6.81. The van der Waals surface area contributed by atoms with Crippen LogP contribution in [0.4, 0.5) is 0 Å². The lowest BCUT2D eigenvalue weighted by molar-refractivity contribution is -0.142. The number of rotatable bonds is 7. The van der Waals surface area contributed by atoms with Crippen LogP contribution in [-0.2, 0) is 20.7 Å². The summed E-state index contributed by atoms with van der Waals surface area (Å²) in [6, 6.07) is 3.91. The van der Waals surface area contributed by atoms with Gasteiger partial charge in [0.25, 0.3) is 0 Å². The van der Waals surface area contributed by atoms with Gasteiger partial charge in [0.15, 0.2) is 0 Å². The zero-order valence-corrected chi connectivity index (χ0v) is 11.8. The highest BCUT2D eigenvalue weighted by Gasteiger charge is 2.14. The van der Waals surface area contributed by atoms with E-state index in [1.807, 2.05) is 26.0 Å². The Kier molecular flexibility index (Phi) is 5.85. The monoisotopic (exact) mass is 269 g/mol. The number of hydrogen-bond donors (Lipinski definition) is 0. The Bertz CT molecular complexity index is 403. The van der Waals surface area contributed by atoms with Crippen molar-refractivity contribution in [2.45, 2.75) is 32.7 Å². The molecule has 0 bridgehead atoms. The molecule has 0 saturated heterocycles. The molecule has 0 aromatic carbocycles. The molecule has 100 valence electrons. The molecular weight excluding hydrogens is 250 g/mol. The summed E-state index contributed by atoms with van der Waals surface area (Å²) in [7, 11) is 1.74. The first-order chi connectivity index (χ1) is 8.58. The molecule has 1 amide bonds. The SMILES string of the molecule is CCCOC(=O)Cc1ccc(C(C)N(C)C=O)s1. The van der Waals surface area contributed by atoms with Crippen molar-refractivity contribution < 1.29 is 14.3 Å². The van der Waals surface area contributed by atoms with Gasteiger partial charge in [0.2, 0.25) is 6.41 Å². The number of nitrogens with zero attached hydrogens (tertiary/aromatic N) is 1. The van der Waals surface area contributed by atoms with Gasteiger partial charge in [-0.15, -0.1) is 11.3 Å². The maximum absolute atomic E-state index is 11.5. The largest absolute Gasteiger partial charge is 0.465 e. The fourth-order valence-electron chi connectivity index (χ4n) is 1.42. The second-order valence-electron chi connectivity index (χ2n) is 4.15. The van der Waals surface area contributed by atoms with Crippen molar-refractivity contribution in [3.63, 3.8) is 0 Å². The molecule has 0 spiro atoms. The van der Waals surface area contributed by atoms with Gasteiger partial charge in [-0.25, -0.2) is 0 Å². The van der Waals surface area contributed by atoms with Gasteiger partial charge < -0.3 is 9.64 Å². The van der Waals surface area contributed by atoms with Crippen LogP contribution in [0, 0.1) is 0 Å². The summed E-state index contributed by atoms with van der Waals surface area (Å²) in [5, 5.41) is 0. The molecule has 1 heterocycles. The molecule has 0 radical (unpaired) electrons. The van der Waals surface area contributed by atoms with E-state index in [9.17, 15) is 9.59 Å². The summed E-state index contributed by atoms with van der Waals surface area (Å²) in [6.45, 7) is 4.40. The van der Waals surface area contributed by atoms with E-state index in [0.29, 0.717) is 13.0 Å². The van der Waals surface area contributed by atoms with Gasteiger partial charge in [0.1, 0.15) is 0 Å². The zero-order valence-electron chi connectivity index (χ0n) is 11.0. The van der Waals surface area contributed by atoms with Crippen molar-refractivity contribution >= 4 is 23.7 Å². The van der Waals surface area contributed by atoms with Gasteiger partial charge in [-0.1, -0.05) is 6.92 Å². The Balaban J connectivity index is 2.57. The third-order valence-electron chi connectivity index (χ3n) is 2.66. The molecule has 1 unspecified atom stereocenters. The molecule has 1 atom stereocenters. The predicted molar refractivity (Wildman–Crippen MR) is 71.5 cm³/mol. The molecule has 1 aromatic rings. The van der Waals surface area contributed by atoms with Crippen LogP contribution in [0.15, 0.2) is 12.1 Å². The smallest absolute Gasteiger partial charge is 0.311 e. The maximum Gasteiger partial charge on any atom is 0.311 e. The topological polar surface area (TPSA) is 46.6 Å². The van der Waals surface area contributed by atoms with Gasteiger partial charge >= 0.3 is 5.97 Å². The van der Waals surface area contributed by atoms with Crippen LogP contribution in [0.2, 0.25) is 0 Å². The predicted octanol–water partition coefficient (Wildman–Crippen LogP) is 2.39. The van der Waals surface area contributed by atoms with Gasteiger partial charge in [0, 0.05) is 16.8 Å². The second kappa shape index (κ2) is 7.16. The van der Waals surface area contributed by atoms with Gasteiger partial charge in [0.05, 0.1) is 19.1 Å². The summed E-state index contributed by atoms with van der Waals surface area (Å²) in [5.41, 5.74) is 0. The molecule has 5 heteroatoms. The number of ether oxygens (including phenoxy) is 1. The van der Waals surface area contributed by atoms with Crippen LogP contribution >= 0.6 is 11.3 Å². The Morgan fingerprint density at radius 3 is 2.89 bits per heavy atom. The average molecular weight is 269 g/mol. The van der Waals surface area contributed by atoms with E-state index in [1.165, 1.54) is 0 Å². The molecular formula is C13H19NO3S. The van der Waals surface area contributed by atoms with E-state index in [2.05, 4.69) is 0 Å². The Morgan fingerprint density at radius 2 is 2.28 bits per heavy atom. The lowest BCUT2D eigenvalue weighted by Gasteiger charge is -2.18. The number of thiophene rings is 1. The van der Waals surface area contributed by atoms with Crippen LogP contribution < -0.4 is 0 Å². The fourth-order valence-corrected chi connectivity index (χ4v) is 2.52. The number of amides is 1. The maximum atomic E-state index is 11.5. The van der Waals surface area contributed by atoms with E-state index in [-0.39, 0.29) is 12.0 Å². The summed E-state index contributed by atoms with van der Waals surface area (Å²) >= 11 is 1.55. The third kappa shape index (κ3) is 4.14. The number of carbonyl (C=O) groups is 2. The van der Waals surface area contributed by atoms with Crippen molar-refractivity contribution in [3.05, 3.63) is 21.9 Å². The van der Waals surface area contributed by atoms with Crippen LogP contribution in [0.1, 0.15) is 36.1 Å². The van der Waals surface area contributed by atoms with Gasteiger partial charge in [-0.05, 0) is 25.5 Å². The molecule has 0 aliphatic rings. The van der Waals surface area contributed by atoms with Crippen LogP contribution in [0.5, 0.6) is 0 Å². The number of hydrogen-bond acceptors (Lipinski definition) is 4. The minimum absolute atomic E-state index is 0.0351. The van der Waals surface area contributed by atoms with Gasteiger partial charge in [-0.3, -0.25) is 9.59 Å².